The molecule has 0 bridgehead atoms. The van der Waals surface area contributed by atoms with Gasteiger partial charge in [0, 0.05) is 25.1 Å². The molecule has 7 nitrogen and oxygen atoms in total. The van der Waals surface area contributed by atoms with Crippen LogP contribution in [-0.4, -0.2) is 41.8 Å². The van der Waals surface area contributed by atoms with Gasteiger partial charge in [0.25, 0.3) is 5.91 Å². The Balaban J connectivity index is 1.70. The second-order valence-corrected chi connectivity index (χ2v) is 6.52. The zero-order valence-corrected chi connectivity index (χ0v) is 14.2. The molecule has 1 fully saturated rings. The van der Waals surface area contributed by atoms with E-state index >= 15 is 0 Å². The molecule has 1 saturated heterocycles. The first-order valence-electron chi connectivity index (χ1n) is 8.78. The molecule has 2 aliphatic rings. The SMILES string of the molecule is NCCCCNCc1cccc2c1C(=O)N(C1CCC(=O)NC1=O)C2. The molecule has 0 aromatic heterocycles. The van der Waals surface area contributed by atoms with E-state index in [4.69, 9.17) is 5.73 Å². The van der Waals surface area contributed by atoms with Crippen LogP contribution in [0.1, 0.15) is 47.2 Å². The molecule has 0 radical (unpaired) electrons. The highest BCUT2D eigenvalue weighted by molar-refractivity contribution is 6.05. The minimum absolute atomic E-state index is 0.121. The average molecular weight is 344 g/mol. The smallest absolute Gasteiger partial charge is 0.255 e. The molecule has 0 spiro atoms. The van der Waals surface area contributed by atoms with Crippen molar-refractivity contribution in [2.24, 2.45) is 5.73 Å². The highest BCUT2D eigenvalue weighted by atomic mass is 16.2. The summed E-state index contributed by atoms with van der Waals surface area (Å²) in [6.45, 7) is 2.57. The van der Waals surface area contributed by atoms with Crippen molar-refractivity contribution in [2.45, 2.75) is 44.8 Å². The zero-order chi connectivity index (χ0) is 17.8. The molecule has 3 rings (SSSR count). The Kier molecular flexibility index (Phi) is 5.45. The molecule has 1 aromatic rings. The fourth-order valence-corrected chi connectivity index (χ4v) is 3.45. The molecule has 2 heterocycles. The number of carbonyl (C=O) groups excluding carboxylic acids is 3. The molecule has 25 heavy (non-hydrogen) atoms. The van der Waals surface area contributed by atoms with E-state index in [0.717, 1.165) is 30.5 Å². The van der Waals surface area contributed by atoms with E-state index in [9.17, 15) is 14.4 Å². The molecule has 3 amide bonds. The Bertz CT molecular complexity index is 689. The summed E-state index contributed by atoms with van der Waals surface area (Å²) in [4.78, 5) is 37.9. The van der Waals surface area contributed by atoms with Gasteiger partial charge in [0.15, 0.2) is 0 Å². The molecule has 1 aromatic carbocycles. The number of nitrogens with one attached hydrogen (secondary N) is 2. The van der Waals surface area contributed by atoms with Gasteiger partial charge in [-0.3, -0.25) is 19.7 Å². The third-order valence-electron chi connectivity index (χ3n) is 4.76. The highest BCUT2D eigenvalue weighted by Crippen LogP contribution is 2.29. The van der Waals surface area contributed by atoms with Gasteiger partial charge in [0.2, 0.25) is 11.8 Å². The molecule has 134 valence electrons. The van der Waals surface area contributed by atoms with Crippen molar-refractivity contribution < 1.29 is 14.4 Å². The van der Waals surface area contributed by atoms with Crippen LogP contribution in [0.2, 0.25) is 0 Å². The maximum absolute atomic E-state index is 12.9. The largest absolute Gasteiger partial charge is 0.330 e. The predicted molar refractivity (Wildman–Crippen MR) is 92.5 cm³/mol. The van der Waals surface area contributed by atoms with E-state index in [2.05, 4.69) is 10.6 Å². The molecule has 0 saturated carbocycles. The molecular formula is C18H24N4O3. The summed E-state index contributed by atoms with van der Waals surface area (Å²) in [5, 5.41) is 5.67. The molecule has 0 aliphatic carbocycles. The minimum atomic E-state index is -0.567. The first-order valence-corrected chi connectivity index (χ1v) is 8.78. The number of nitrogens with zero attached hydrogens (tertiary/aromatic N) is 1. The molecule has 4 N–H and O–H groups in total. The van der Waals surface area contributed by atoms with Crippen molar-refractivity contribution in [1.29, 1.82) is 0 Å². The van der Waals surface area contributed by atoms with Crippen LogP contribution in [0.4, 0.5) is 0 Å². The maximum atomic E-state index is 12.9. The predicted octanol–water partition coefficient (Wildman–Crippen LogP) is 0.276. The second kappa shape index (κ2) is 7.76. The van der Waals surface area contributed by atoms with Gasteiger partial charge in [0.05, 0.1) is 0 Å². The summed E-state index contributed by atoms with van der Waals surface area (Å²) in [7, 11) is 0. The number of imide groups is 1. The number of fused-ring (bicyclic) bond motifs is 1. The van der Waals surface area contributed by atoms with Crippen molar-refractivity contribution in [2.75, 3.05) is 13.1 Å². The first-order chi connectivity index (χ1) is 12.1. The quantitative estimate of drug-likeness (QED) is 0.487. The molecule has 1 unspecified atom stereocenters. The lowest BCUT2D eigenvalue weighted by Crippen LogP contribution is -2.52. The number of carbonyl (C=O) groups is 3. The molecular weight excluding hydrogens is 320 g/mol. The average Bonchev–Trinajstić information content (AvgIpc) is 2.92. The Morgan fingerprint density at radius 3 is 2.84 bits per heavy atom. The van der Waals surface area contributed by atoms with E-state index in [0.29, 0.717) is 31.6 Å². The van der Waals surface area contributed by atoms with Crippen LogP contribution in [0, 0.1) is 0 Å². The van der Waals surface area contributed by atoms with Crippen LogP contribution in [0.25, 0.3) is 0 Å². The van der Waals surface area contributed by atoms with E-state index in [1.54, 1.807) is 4.90 Å². The number of piperidine rings is 1. The van der Waals surface area contributed by atoms with Gasteiger partial charge in [-0.2, -0.15) is 0 Å². The second-order valence-electron chi connectivity index (χ2n) is 6.52. The van der Waals surface area contributed by atoms with Crippen molar-refractivity contribution in [3.63, 3.8) is 0 Å². The van der Waals surface area contributed by atoms with Crippen molar-refractivity contribution in [3.05, 3.63) is 34.9 Å². The number of nitrogens with two attached hydrogens (primary N) is 1. The van der Waals surface area contributed by atoms with Crippen molar-refractivity contribution in [3.8, 4) is 0 Å². The van der Waals surface area contributed by atoms with E-state index in [1.165, 1.54) is 0 Å². The molecule has 1 atom stereocenters. The Hall–Kier alpha value is -2.25. The zero-order valence-electron chi connectivity index (χ0n) is 14.2. The number of rotatable bonds is 7. The third kappa shape index (κ3) is 3.72. The fraction of sp³-hybridized carbons (Fsp3) is 0.500. The summed E-state index contributed by atoms with van der Waals surface area (Å²) in [6, 6.07) is 5.25. The monoisotopic (exact) mass is 344 g/mol. The van der Waals surface area contributed by atoms with Gasteiger partial charge in [-0.15, -0.1) is 0 Å². The van der Waals surface area contributed by atoms with Gasteiger partial charge in [-0.05, 0) is 43.5 Å². The lowest BCUT2D eigenvalue weighted by molar-refractivity contribution is -0.136. The number of benzene rings is 1. The highest BCUT2D eigenvalue weighted by Gasteiger charge is 2.39. The van der Waals surface area contributed by atoms with Gasteiger partial charge in [-0.25, -0.2) is 0 Å². The summed E-state index contributed by atoms with van der Waals surface area (Å²) >= 11 is 0. The van der Waals surface area contributed by atoms with Gasteiger partial charge < -0.3 is 16.0 Å². The minimum Gasteiger partial charge on any atom is -0.330 e. The van der Waals surface area contributed by atoms with Crippen LogP contribution in [-0.2, 0) is 22.7 Å². The summed E-state index contributed by atoms with van der Waals surface area (Å²) in [5.41, 5.74) is 8.07. The standard InChI is InChI=1S/C18H24N4O3/c19-8-1-2-9-20-10-12-4-3-5-13-11-22(18(25)16(12)13)14-6-7-15(23)21-17(14)24/h3-5,14,20H,1-2,6-11,19H2,(H,21,23,24). The normalized spacial score (nSPS) is 20.0. The summed E-state index contributed by atoms with van der Waals surface area (Å²) in [6.07, 6.45) is 2.63. The number of hydrogen-bond acceptors (Lipinski definition) is 5. The van der Waals surface area contributed by atoms with E-state index in [1.807, 2.05) is 18.2 Å². The summed E-state index contributed by atoms with van der Waals surface area (Å²) < 4.78 is 0. The van der Waals surface area contributed by atoms with Crippen molar-refractivity contribution in [1.82, 2.24) is 15.5 Å². The van der Waals surface area contributed by atoms with E-state index in [-0.39, 0.29) is 24.1 Å². The Labute approximate surface area is 146 Å². The van der Waals surface area contributed by atoms with Crippen LogP contribution in [0.3, 0.4) is 0 Å². The lowest BCUT2D eigenvalue weighted by Gasteiger charge is -2.29. The Morgan fingerprint density at radius 2 is 2.08 bits per heavy atom. The van der Waals surface area contributed by atoms with Crippen molar-refractivity contribution >= 4 is 17.7 Å². The van der Waals surface area contributed by atoms with E-state index < -0.39 is 6.04 Å². The van der Waals surface area contributed by atoms with Gasteiger partial charge in [0.1, 0.15) is 6.04 Å². The maximum Gasteiger partial charge on any atom is 0.255 e. The number of hydrogen-bond donors (Lipinski definition) is 3. The van der Waals surface area contributed by atoms with Gasteiger partial charge >= 0.3 is 0 Å². The molecule has 2 aliphatic heterocycles. The third-order valence-corrected chi connectivity index (χ3v) is 4.76. The molecule has 7 heteroatoms. The van der Waals surface area contributed by atoms with Gasteiger partial charge in [-0.1, -0.05) is 18.2 Å². The number of unbranched alkanes of at least 4 members (excludes halogenated alkanes) is 1. The fourth-order valence-electron chi connectivity index (χ4n) is 3.45. The van der Waals surface area contributed by atoms with Crippen LogP contribution in [0.5, 0.6) is 0 Å². The topological polar surface area (TPSA) is 105 Å². The lowest BCUT2D eigenvalue weighted by atomic mass is 10.0. The number of amides is 3. The Morgan fingerprint density at radius 1 is 1.24 bits per heavy atom. The first kappa shape index (κ1) is 17.6. The summed E-state index contributed by atoms with van der Waals surface area (Å²) in [5.74, 6) is -0.768. The van der Waals surface area contributed by atoms with Crippen LogP contribution >= 0.6 is 0 Å². The van der Waals surface area contributed by atoms with Crippen LogP contribution in [0.15, 0.2) is 18.2 Å². The van der Waals surface area contributed by atoms with Crippen LogP contribution < -0.4 is 16.4 Å².